The Hall–Kier alpha value is -4.61. The molecule has 0 aliphatic carbocycles. The minimum absolute atomic E-state index is 0.270. The van der Waals surface area contributed by atoms with Crippen molar-refractivity contribution in [3.05, 3.63) is 47.8 Å². The highest BCUT2D eigenvalue weighted by atomic mass is 16.6. The van der Waals surface area contributed by atoms with Crippen molar-refractivity contribution in [3.63, 3.8) is 0 Å². The number of aryl methyl sites for hydroxylation is 2. The topological polar surface area (TPSA) is 126 Å². The largest absolute Gasteiger partial charge is 0.477 e. The number of amides is 2. The van der Waals surface area contributed by atoms with Crippen molar-refractivity contribution < 1.29 is 19.1 Å². The fraction of sp³-hybridized carbons (Fsp3) is 0.469. The third-order valence-electron chi connectivity index (χ3n) is 7.83. The molecule has 0 saturated carbocycles. The highest BCUT2D eigenvalue weighted by Crippen LogP contribution is 2.40. The number of guanidine groups is 1. The normalized spacial score (nSPS) is 18.3. The zero-order valence-corrected chi connectivity index (χ0v) is 26.0. The number of ether oxygens (including phenoxy) is 2. The number of likely N-dealkylation sites (tertiary alicyclic amines) is 1. The molecule has 2 N–H and O–H groups in total. The van der Waals surface area contributed by atoms with Gasteiger partial charge in [0, 0.05) is 50.4 Å². The van der Waals surface area contributed by atoms with E-state index in [2.05, 4.69) is 30.6 Å². The molecule has 2 amide bonds. The molecule has 12 heteroatoms. The number of hydrogen-bond acceptors (Lipinski definition) is 9. The second-order valence-corrected chi connectivity index (χ2v) is 12.6. The summed E-state index contributed by atoms with van der Waals surface area (Å²) < 4.78 is 13.3. The lowest BCUT2D eigenvalue weighted by atomic mass is 10.0. The molecule has 0 atom stereocenters. The maximum Gasteiger partial charge on any atom is 0.410 e. The first-order valence-electron chi connectivity index (χ1n) is 15.2. The van der Waals surface area contributed by atoms with E-state index < -0.39 is 5.60 Å². The number of nitrogens with one attached hydrogen (secondary N) is 2. The van der Waals surface area contributed by atoms with Gasteiger partial charge in [-0.1, -0.05) is 6.07 Å². The third kappa shape index (κ3) is 6.20. The Morgan fingerprint density at radius 3 is 2.80 bits per heavy atom. The van der Waals surface area contributed by atoms with E-state index in [1.807, 2.05) is 52.9 Å². The van der Waals surface area contributed by atoms with E-state index in [0.717, 1.165) is 41.9 Å². The summed E-state index contributed by atoms with van der Waals surface area (Å²) in [6, 6.07) is 9.53. The van der Waals surface area contributed by atoms with Gasteiger partial charge in [0.15, 0.2) is 0 Å². The van der Waals surface area contributed by atoms with E-state index >= 15 is 0 Å². The van der Waals surface area contributed by atoms with Crippen LogP contribution in [0.4, 0.5) is 21.9 Å². The van der Waals surface area contributed by atoms with Crippen molar-refractivity contribution >= 4 is 35.0 Å². The molecule has 2 aromatic heterocycles. The molecule has 12 nitrogen and oxygen atoms in total. The van der Waals surface area contributed by atoms with Gasteiger partial charge in [0.2, 0.25) is 11.8 Å². The van der Waals surface area contributed by atoms with E-state index in [0.29, 0.717) is 67.5 Å². The number of rotatable bonds is 3. The molecule has 5 heterocycles. The van der Waals surface area contributed by atoms with Gasteiger partial charge in [-0.3, -0.25) is 9.78 Å². The number of fused-ring (bicyclic) bond motifs is 7. The van der Waals surface area contributed by atoms with E-state index in [-0.39, 0.29) is 12.0 Å². The van der Waals surface area contributed by atoms with Gasteiger partial charge in [0.25, 0.3) is 5.91 Å². The summed E-state index contributed by atoms with van der Waals surface area (Å²) in [6.07, 6.45) is 4.13. The first-order chi connectivity index (χ1) is 21.1. The van der Waals surface area contributed by atoms with Crippen molar-refractivity contribution in [3.8, 4) is 17.1 Å². The first-order valence-corrected chi connectivity index (χ1v) is 15.2. The SMILES string of the molecule is Cc1cc2cc(n1)-c1cnn(C)c1OCCCCCN1/C(=N/C2=O)Nc2cccc(NCC3CN(C(=O)OC(C)(C)C)C3)c21. The zero-order chi connectivity index (χ0) is 31.0. The van der Waals surface area contributed by atoms with Crippen LogP contribution in [0.1, 0.15) is 56.1 Å². The Labute approximate surface area is 257 Å². The maximum atomic E-state index is 13.6. The molecule has 0 radical (unpaired) electrons. The van der Waals surface area contributed by atoms with Gasteiger partial charge < -0.3 is 29.9 Å². The monoisotopic (exact) mass is 600 g/mol. The summed E-state index contributed by atoms with van der Waals surface area (Å²) in [5, 5.41) is 11.4. The Kier molecular flexibility index (Phi) is 7.91. The van der Waals surface area contributed by atoms with Crippen LogP contribution in [-0.2, 0) is 11.8 Å². The maximum absolute atomic E-state index is 13.6. The number of aliphatic imine (C=N–C) groups is 1. The smallest absolute Gasteiger partial charge is 0.410 e. The molecule has 1 fully saturated rings. The van der Waals surface area contributed by atoms with Crippen LogP contribution >= 0.6 is 0 Å². The van der Waals surface area contributed by atoms with Crippen molar-refractivity contribution in [1.82, 2.24) is 19.7 Å². The number of carbonyl (C=O) groups excluding carboxylic acids is 2. The minimum Gasteiger partial charge on any atom is -0.477 e. The summed E-state index contributed by atoms with van der Waals surface area (Å²) in [5.74, 6) is 1.09. The van der Waals surface area contributed by atoms with E-state index in [1.54, 1.807) is 27.9 Å². The lowest BCUT2D eigenvalue weighted by molar-refractivity contribution is 0.000836. The second-order valence-electron chi connectivity index (χ2n) is 12.6. The number of para-hydroxylation sites is 1. The van der Waals surface area contributed by atoms with Crippen LogP contribution < -0.4 is 20.3 Å². The number of carbonyl (C=O) groups is 2. The number of benzene rings is 1. The fourth-order valence-corrected chi connectivity index (χ4v) is 5.69. The molecular weight excluding hydrogens is 560 g/mol. The predicted octanol–water partition coefficient (Wildman–Crippen LogP) is 5.06. The van der Waals surface area contributed by atoms with Crippen LogP contribution in [0.2, 0.25) is 0 Å². The highest BCUT2D eigenvalue weighted by molar-refractivity contribution is 6.21. The van der Waals surface area contributed by atoms with Gasteiger partial charge in [-0.05, 0) is 71.2 Å². The van der Waals surface area contributed by atoms with Gasteiger partial charge in [-0.2, -0.15) is 10.1 Å². The van der Waals surface area contributed by atoms with Crippen molar-refractivity contribution in [2.45, 2.75) is 52.6 Å². The molecule has 2 bridgehead atoms. The van der Waals surface area contributed by atoms with Crippen molar-refractivity contribution in [1.29, 1.82) is 0 Å². The van der Waals surface area contributed by atoms with Crippen molar-refractivity contribution in [2.24, 2.45) is 18.0 Å². The third-order valence-corrected chi connectivity index (χ3v) is 7.83. The van der Waals surface area contributed by atoms with Gasteiger partial charge in [-0.25, -0.2) is 9.48 Å². The molecule has 232 valence electrons. The summed E-state index contributed by atoms with van der Waals surface area (Å²) in [6.45, 7) is 10.7. The number of aromatic nitrogens is 3. The van der Waals surface area contributed by atoms with E-state index in [9.17, 15) is 9.59 Å². The zero-order valence-electron chi connectivity index (χ0n) is 26.0. The van der Waals surface area contributed by atoms with E-state index in [1.165, 1.54) is 0 Å². The van der Waals surface area contributed by atoms with Gasteiger partial charge in [0.05, 0.1) is 41.1 Å². The minimum atomic E-state index is -0.508. The standard InChI is InChI=1S/C32H40N8O4/c1-20-14-22-15-26(35-20)23-17-34-38(5)29(23)43-13-8-6-7-12-40-27-24(10-9-11-25(27)36-30(40)37-28(22)41)33-16-21-18-39(19-21)31(42)44-32(2,3)4/h9-11,14-15,17,21,33H,6-8,12-13,16,18-19H2,1-5H3,(H,36,37,41). The molecule has 3 aliphatic rings. The van der Waals surface area contributed by atoms with Crippen LogP contribution in [0.15, 0.2) is 41.5 Å². The van der Waals surface area contributed by atoms with Gasteiger partial charge >= 0.3 is 6.09 Å². The summed E-state index contributed by atoms with van der Waals surface area (Å²) in [7, 11) is 1.84. The number of anilines is 3. The van der Waals surface area contributed by atoms with Crippen molar-refractivity contribution in [2.75, 3.05) is 48.3 Å². The average molecular weight is 601 g/mol. The quantitative estimate of drug-likeness (QED) is 0.424. The lowest BCUT2D eigenvalue weighted by Crippen LogP contribution is -2.53. The Balaban J connectivity index is 1.23. The molecule has 6 rings (SSSR count). The number of nitrogens with zero attached hydrogens (tertiary/aromatic N) is 6. The average Bonchev–Trinajstić information content (AvgIpc) is 3.47. The molecule has 3 aromatic rings. The fourth-order valence-electron chi connectivity index (χ4n) is 5.69. The molecule has 1 saturated heterocycles. The summed E-state index contributed by atoms with van der Waals surface area (Å²) in [4.78, 5) is 39.1. The Morgan fingerprint density at radius 2 is 2.00 bits per heavy atom. The number of pyridine rings is 1. The van der Waals surface area contributed by atoms with Crippen LogP contribution in [-0.4, -0.2) is 76.0 Å². The second kappa shape index (κ2) is 11.8. The molecule has 3 aliphatic heterocycles. The van der Waals surface area contributed by atoms with E-state index in [4.69, 9.17) is 9.47 Å². The Bertz CT molecular complexity index is 1600. The van der Waals surface area contributed by atoms with Crippen LogP contribution in [0, 0.1) is 12.8 Å². The lowest BCUT2D eigenvalue weighted by Gasteiger charge is -2.40. The molecular formula is C32H40N8O4. The molecule has 0 spiro atoms. The van der Waals surface area contributed by atoms with Crippen LogP contribution in [0.3, 0.4) is 0 Å². The first kappa shape index (κ1) is 29.5. The van der Waals surface area contributed by atoms with Gasteiger partial charge in [-0.15, -0.1) is 0 Å². The number of hydrogen-bond donors (Lipinski definition) is 2. The Morgan fingerprint density at radius 1 is 1.18 bits per heavy atom. The van der Waals surface area contributed by atoms with Crippen LogP contribution in [0.5, 0.6) is 5.88 Å². The molecule has 44 heavy (non-hydrogen) atoms. The van der Waals surface area contributed by atoms with Crippen LogP contribution in [0.25, 0.3) is 11.3 Å². The summed E-state index contributed by atoms with van der Waals surface area (Å²) >= 11 is 0. The van der Waals surface area contributed by atoms with Gasteiger partial charge in [0.1, 0.15) is 5.60 Å². The highest BCUT2D eigenvalue weighted by Gasteiger charge is 2.34. The predicted molar refractivity (Wildman–Crippen MR) is 169 cm³/mol. The molecule has 1 aromatic carbocycles. The molecule has 0 unspecified atom stereocenters. The summed E-state index contributed by atoms with van der Waals surface area (Å²) in [5.41, 5.74) is 4.82.